The summed E-state index contributed by atoms with van der Waals surface area (Å²) in [5, 5.41) is 8.72. The molecule has 2 aromatic carbocycles. The number of anilines is 1. The number of benzene rings is 2. The van der Waals surface area contributed by atoms with Gasteiger partial charge in [0.05, 0.1) is 13.1 Å². The number of rotatable bonds is 7. The quantitative estimate of drug-likeness (QED) is 0.310. The maximum atomic E-state index is 12.9. The topological polar surface area (TPSA) is 74.8 Å². The van der Waals surface area contributed by atoms with Crippen molar-refractivity contribution in [3.05, 3.63) is 59.9 Å². The van der Waals surface area contributed by atoms with Gasteiger partial charge in [-0.05, 0) is 55.8 Å². The molecule has 8 heteroatoms. The Morgan fingerprint density at radius 2 is 1.89 bits per heavy atom. The molecule has 0 heterocycles. The molecule has 0 radical (unpaired) electrons. The van der Waals surface area contributed by atoms with E-state index in [-0.39, 0.29) is 48.3 Å². The molecule has 2 rings (SSSR count). The lowest BCUT2D eigenvalue weighted by Gasteiger charge is -2.18. The van der Waals surface area contributed by atoms with Crippen molar-refractivity contribution < 1.29 is 13.9 Å². The lowest BCUT2D eigenvalue weighted by molar-refractivity contribution is -0.115. The van der Waals surface area contributed by atoms with Crippen LogP contribution in [0, 0.1) is 12.7 Å². The molecule has 0 aromatic heterocycles. The standard InChI is InChI=1S/C20H25FN4O2.HI/c1-14-5-4-6-18(11-14)27-15(2)12-23-20(22-3)24-13-19(26)25-17-9-7-16(21)8-10-17;/h4-11,15H,12-13H2,1-3H3,(H,25,26)(H2,22,23,24);1H. The fourth-order valence-corrected chi connectivity index (χ4v) is 2.33. The fourth-order valence-electron chi connectivity index (χ4n) is 2.33. The van der Waals surface area contributed by atoms with Crippen LogP contribution in [-0.2, 0) is 4.79 Å². The van der Waals surface area contributed by atoms with E-state index in [2.05, 4.69) is 20.9 Å². The van der Waals surface area contributed by atoms with Crippen molar-refractivity contribution in [2.24, 2.45) is 4.99 Å². The Kier molecular flexibility index (Phi) is 10.3. The van der Waals surface area contributed by atoms with Crippen molar-refractivity contribution in [3.8, 4) is 5.75 Å². The third kappa shape index (κ3) is 8.55. The van der Waals surface area contributed by atoms with Crippen LogP contribution in [0.3, 0.4) is 0 Å². The third-order valence-electron chi connectivity index (χ3n) is 3.65. The lowest BCUT2D eigenvalue weighted by atomic mass is 10.2. The second-order valence-electron chi connectivity index (χ2n) is 6.11. The number of nitrogens with zero attached hydrogens (tertiary/aromatic N) is 1. The van der Waals surface area contributed by atoms with Gasteiger partial charge in [-0.15, -0.1) is 24.0 Å². The monoisotopic (exact) mass is 500 g/mol. The molecule has 1 amide bonds. The maximum Gasteiger partial charge on any atom is 0.243 e. The van der Waals surface area contributed by atoms with Crippen LogP contribution >= 0.6 is 24.0 Å². The minimum atomic E-state index is -0.349. The van der Waals surface area contributed by atoms with Crippen LogP contribution in [-0.4, -0.2) is 38.1 Å². The molecule has 28 heavy (non-hydrogen) atoms. The van der Waals surface area contributed by atoms with Gasteiger partial charge in [0.25, 0.3) is 0 Å². The molecule has 0 fully saturated rings. The molecule has 0 aliphatic heterocycles. The van der Waals surface area contributed by atoms with Gasteiger partial charge >= 0.3 is 0 Å². The van der Waals surface area contributed by atoms with E-state index in [1.165, 1.54) is 24.3 Å². The third-order valence-corrected chi connectivity index (χ3v) is 3.65. The summed E-state index contributed by atoms with van der Waals surface area (Å²) in [4.78, 5) is 16.0. The summed E-state index contributed by atoms with van der Waals surface area (Å²) < 4.78 is 18.7. The van der Waals surface area contributed by atoms with Crippen LogP contribution in [0.2, 0.25) is 0 Å². The molecule has 0 saturated carbocycles. The van der Waals surface area contributed by atoms with Crippen LogP contribution in [0.15, 0.2) is 53.5 Å². The van der Waals surface area contributed by atoms with Gasteiger partial charge in [0.2, 0.25) is 5.91 Å². The second-order valence-corrected chi connectivity index (χ2v) is 6.11. The summed E-state index contributed by atoms with van der Waals surface area (Å²) in [6.07, 6.45) is -0.0848. The van der Waals surface area contributed by atoms with Gasteiger partial charge in [0.1, 0.15) is 17.7 Å². The van der Waals surface area contributed by atoms with Gasteiger partial charge in [-0.1, -0.05) is 12.1 Å². The largest absolute Gasteiger partial charge is 0.489 e. The SMILES string of the molecule is CN=C(NCC(=O)Nc1ccc(F)cc1)NCC(C)Oc1cccc(C)c1.I. The van der Waals surface area contributed by atoms with Gasteiger partial charge in [-0.3, -0.25) is 9.79 Å². The molecular weight excluding hydrogens is 474 g/mol. The Morgan fingerprint density at radius 1 is 1.18 bits per heavy atom. The number of amides is 1. The average Bonchev–Trinajstić information content (AvgIpc) is 2.64. The minimum Gasteiger partial charge on any atom is -0.489 e. The van der Waals surface area contributed by atoms with Gasteiger partial charge in [-0.2, -0.15) is 0 Å². The summed E-state index contributed by atoms with van der Waals surface area (Å²) >= 11 is 0. The predicted octanol–water partition coefficient (Wildman–Crippen LogP) is 3.32. The van der Waals surface area contributed by atoms with Crippen LogP contribution in [0.5, 0.6) is 5.75 Å². The Balaban J connectivity index is 0.00000392. The van der Waals surface area contributed by atoms with E-state index < -0.39 is 0 Å². The molecule has 152 valence electrons. The number of guanidine groups is 1. The number of aryl methyl sites for hydroxylation is 1. The van der Waals surface area contributed by atoms with Crippen LogP contribution in [0.25, 0.3) is 0 Å². The number of carbonyl (C=O) groups is 1. The van der Waals surface area contributed by atoms with Crippen molar-refractivity contribution in [2.75, 3.05) is 25.5 Å². The summed E-state index contributed by atoms with van der Waals surface area (Å²) in [7, 11) is 1.62. The number of hydrogen-bond acceptors (Lipinski definition) is 3. The van der Waals surface area contributed by atoms with E-state index in [9.17, 15) is 9.18 Å². The van der Waals surface area contributed by atoms with E-state index in [0.717, 1.165) is 11.3 Å². The number of hydrogen-bond donors (Lipinski definition) is 3. The Labute approximate surface area is 182 Å². The van der Waals surface area contributed by atoms with Crippen LogP contribution < -0.4 is 20.7 Å². The Morgan fingerprint density at radius 3 is 2.54 bits per heavy atom. The Hall–Kier alpha value is -2.36. The highest BCUT2D eigenvalue weighted by atomic mass is 127. The number of nitrogens with one attached hydrogen (secondary N) is 3. The highest BCUT2D eigenvalue weighted by Crippen LogP contribution is 2.13. The van der Waals surface area contributed by atoms with Gasteiger partial charge < -0.3 is 20.7 Å². The van der Waals surface area contributed by atoms with Crippen LogP contribution in [0.4, 0.5) is 10.1 Å². The average molecular weight is 500 g/mol. The van der Waals surface area contributed by atoms with E-state index >= 15 is 0 Å². The maximum absolute atomic E-state index is 12.9. The molecule has 0 aliphatic carbocycles. The summed E-state index contributed by atoms with van der Waals surface area (Å²) in [6.45, 7) is 4.51. The molecule has 0 spiro atoms. The lowest BCUT2D eigenvalue weighted by Crippen LogP contribution is -2.44. The van der Waals surface area contributed by atoms with Gasteiger partial charge in [-0.25, -0.2) is 4.39 Å². The predicted molar refractivity (Wildman–Crippen MR) is 121 cm³/mol. The van der Waals surface area contributed by atoms with Crippen LogP contribution in [0.1, 0.15) is 12.5 Å². The smallest absolute Gasteiger partial charge is 0.243 e. The van der Waals surface area contributed by atoms with Crippen molar-refractivity contribution in [3.63, 3.8) is 0 Å². The molecular formula is C20H26FIN4O2. The van der Waals surface area contributed by atoms with Crippen molar-refractivity contribution >= 4 is 41.5 Å². The van der Waals surface area contributed by atoms with Crippen molar-refractivity contribution in [1.82, 2.24) is 10.6 Å². The molecule has 1 atom stereocenters. The zero-order chi connectivity index (χ0) is 19.6. The molecule has 6 nitrogen and oxygen atoms in total. The summed E-state index contributed by atoms with van der Waals surface area (Å²) in [5.41, 5.74) is 1.67. The minimum absolute atomic E-state index is 0. The number of halogens is 2. The molecule has 0 saturated heterocycles. The second kappa shape index (κ2) is 12.2. The zero-order valence-corrected chi connectivity index (χ0v) is 18.5. The number of ether oxygens (including phenoxy) is 1. The van der Waals surface area contributed by atoms with E-state index in [1.54, 1.807) is 7.05 Å². The first-order chi connectivity index (χ1) is 13.0. The molecule has 2 aromatic rings. The normalized spacial score (nSPS) is 11.8. The molecule has 0 bridgehead atoms. The fraction of sp³-hybridized carbons (Fsp3) is 0.300. The van der Waals surface area contributed by atoms with Crippen molar-refractivity contribution in [2.45, 2.75) is 20.0 Å². The zero-order valence-electron chi connectivity index (χ0n) is 16.2. The number of aliphatic imine (C=N–C) groups is 1. The highest BCUT2D eigenvalue weighted by molar-refractivity contribution is 14.0. The molecule has 0 aliphatic rings. The van der Waals surface area contributed by atoms with E-state index in [4.69, 9.17) is 4.74 Å². The first-order valence-corrected chi connectivity index (χ1v) is 8.69. The number of carbonyl (C=O) groups excluding carboxylic acids is 1. The highest BCUT2D eigenvalue weighted by Gasteiger charge is 2.08. The van der Waals surface area contributed by atoms with Gasteiger partial charge in [0, 0.05) is 12.7 Å². The van der Waals surface area contributed by atoms with Gasteiger partial charge in [0.15, 0.2) is 5.96 Å². The summed E-state index contributed by atoms with van der Waals surface area (Å²) in [6, 6.07) is 13.4. The Bertz CT molecular complexity index is 784. The first-order valence-electron chi connectivity index (χ1n) is 8.69. The summed E-state index contributed by atoms with van der Waals surface area (Å²) in [5.74, 6) is 0.696. The van der Waals surface area contributed by atoms with E-state index in [1.807, 2.05) is 38.1 Å². The first kappa shape index (κ1) is 23.7. The molecule has 1 unspecified atom stereocenters. The van der Waals surface area contributed by atoms with Crippen molar-refractivity contribution in [1.29, 1.82) is 0 Å². The van der Waals surface area contributed by atoms with E-state index in [0.29, 0.717) is 18.2 Å². The molecule has 3 N–H and O–H groups in total.